The van der Waals surface area contributed by atoms with E-state index in [2.05, 4.69) is 38.5 Å². The second kappa shape index (κ2) is 7.53. The number of amides is 1. The van der Waals surface area contributed by atoms with Gasteiger partial charge >= 0.3 is 0 Å². The summed E-state index contributed by atoms with van der Waals surface area (Å²) in [6.07, 6.45) is 10.6. The quantitative estimate of drug-likeness (QED) is 0.826. The monoisotopic (exact) mass is 328 g/mol. The van der Waals surface area contributed by atoms with Gasteiger partial charge in [-0.1, -0.05) is 0 Å². The zero-order valence-corrected chi connectivity index (χ0v) is 14.3. The lowest BCUT2D eigenvalue weighted by Crippen LogP contribution is -2.40. The molecule has 1 amide bonds. The van der Waals surface area contributed by atoms with Crippen molar-refractivity contribution in [1.82, 2.24) is 29.3 Å². The molecule has 3 heterocycles. The molecule has 1 saturated heterocycles. The first-order valence-corrected chi connectivity index (χ1v) is 8.36. The Bertz CT molecular complexity index is 669. The first-order valence-electron chi connectivity index (χ1n) is 8.36. The number of hydrogen-bond donors (Lipinski definition) is 0. The summed E-state index contributed by atoms with van der Waals surface area (Å²) in [5, 5.41) is 0. The van der Waals surface area contributed by atoms with E-state index in [0.717, 1.165) is 38.3 Å². The number of rotatable bonds is 5. The molecular formula is C17H24N6O. The van der Waals surface area contributed by atoms with Crippen LogP contribution in [0.15, 0.2) is 31.0 Å². The van der Waals surface area contributed by atoms with Gasteiger partial charge in [-0.3, -0.25) is 9.78 Å². The van der Waals surface area contributed by atoms with Gasteiger partial charge in [0.05, 0.1) is 6.20 Å². The van der Waals surface area contributed by atoms with Gasteiger partial charge in [0.1, 0.15) is 11.5 Å². The maximum absolute atomic E-state index is 12.6. The molecule has 128 valence electrons. The van der Waals surface area contributed by atoms with Gasteiger partial charge in [0, 0.05) is 56.9 Å². The third kappa shape index (κ3) is 3.79. The molecule has 2 aromatic heterocycles. The maximum atomic E-state index is 12.6. The molecule has 0 bridgehead atoms. The summed E-state index contributed by atoms with van der Waals surface area (Å²) in [5.74, 6) is 1.31. The van der Waals surface area contributed by atoms with Crippen molar-refractivity contribution in [2.75, 3.05) is 33.7 Å². The molecule has 1 unspecified atom stereocenters. The van der Waals surface area contributed by atoms with Gasteiger partial charge in [0.15, 0.2) is 0 Å². The molecule has 0 N–H and O–H groups in total. The Morgan fingerprint density at radius 1 is 1.29 bits per heavy atom. The third-order valence-electron chi connectivity index (χ3n) is 4.39. The minimum Gasteiger partial charge on any atom is -0.337 e. The lowest BCUT2D eigenvalue weighted by Gasteiger charge is -2.32. The zero-order valence-electron chi connectivity index (χ0n) is 14.3. The van der Waals surface area contributed by atoms with Crippen molar-refractivity contribution in [3.8, 4) is 0 Å². The molecule has 1 aliphatic heterocycles. The third-order valence-corrected chi connectivity index (χ3v) is 4.39. The van der Waals surface area contributed by atoms with E-state index >= 15 is 0 Å². The first-order chi connectivity index (χ1) is 11.6. The minimum absolute atomic E-state index is 0.0424. The number of likely N-dealkylation sites (N-methyl/N-ethyl adjacent to an activating group) is 1. The largest absolute Gasteiger partial charge is 0.337 e. The highest BCUT2D eigenvalue weighted by atomic mass is 16.2. The summed E-state index contributed by atoms with van der Waals surface area (Å²) < 4.78 is 2.21. The van der Waals surface area contributed by atoms with Crippen LogP contribution in [0, 0.1) is 0 Å². The molecule has 0 aliphatic carbocycles. The minimum atomic E-state index is -0.0424. The van der Waals surface area contributed by atoms with Crippen LogP contribution in [0.3, 0.4) is 0 Å². The van der Waals surface area contributed by atoms with Gasteiger partial charge in [-0.15, -0.1) is 0 Å². The van der Waals surface area contributed by atoms with E-state index in [9.17, 15) is 4.79 Å². The van der Waals surface area contributed by atoms with Gasteiger partial charge in [0.25, 0.3) is 5.91 Å². The topological polar surface area (TPSA) is 67.2 Å². The Kier molecular flexibility index (Phi) is 5.20. The number of imidazole rings is 1. The fourth-order valence-corrected chi connectivity index (χ4v) is 3.12. The van der Waals surface area contributed by atoms with E-state index in [0.29, 0.717) is 12.2 Å². The SMILES string of the molecule is CN(C)CCn1ccnc1C1CCCN(C(=O)c2cnccn2)C1. The summed E-state index contributed by atoms with van der Waals surface area (Å²) in [6.45, 7) is 3.34. The molecule has 24 heavy (non-hydrogen) atoms. The maximum Gasteiger partial charge on any atom is 0.274 e. The number of piperidine rings is 1. The lowest BCUT2D eigenvalue weighted by molar-refractivity contribution is 0.0696. The molecule has 3 rings (SSSR count). The van der Waals surface area contributed by atoms with Crippen LogP contribution in [0.4, 0.5) is 0 Å². The fraction of sp³-hybridized carbons (Fsp3) is 0.529. The van der Waals surface area contributed by atoms with Crippen molar-refractivity contribution in [2.24, 2.45) is 0 Å². The molecule has 7 heteroatoms. The average Bonchev–Trinajstić information content (AvgIpc) is 3.09. The lowest BCUT2D eigenvalue weighted by atomic mass is 9.97. The van der Waals surface area contributed by atoms with E-state index in [1.54, 1.807) is 12.4 Å². The van der Waals surface area contributed by atoms with Crippen LogP contribution < -0.4 is 0 Å². The van der Waals surface area contributed by atoms with Crippen molar-refractivity contribution in [3.05, 3.63) is 42.5 Å². The highest BCUT2D eigenvalue weighted by Gasteiger charge is 2.28. The van der Waals surface area contributed by atoms with Gasteiger partial charge in [-0.25, -0.2) is 9.97 Å². The van der Waals surface area contributed by atoms with Crippen LogP contribution >= 0.6 is 0 Å². The van der Waals surface area contributed by atoms with Crippen molar-refractivity contribution < 1.29 is 4.79 Å². The summed E-state index contributed by atoms with van der Waals surface area (Å²) in [6, 6.07) is 0. The van der Waals surface area contributed by atoms with Crippen molar-refractivity contribution in [2.45, 2.75) is 25.3 Å². The number of nitrogens with zero attached hydrogens (tertiary/aromatic N) is 6. The molecule has 0 saturated carbocycles. The highest BCUT2D eigenvalue weighted by Crippen LogP contribution is 2.26. The summed E-state index contributed by atoms with van der Waals surface area (Å²) in [4.78, 5) is 29.3. The zero-order chi connectivity index (χ0) is 16.9. The average molecular weight is 328 g/mol. The van der Waals surface area contributed by atoms with Crippen LogP contribution in [0.1, 0.15) is 35.1 Å². The summed E-state index contributed by atoms with van der Waals surface area (Å²) in [7, 11) is 4.14. The molecule has 1 aliphatic rings. The van der Waals surface area contributed by atoms with Gasteiger partial charge in [-0.2, -0.15) is 0 Å². The smallest absolute Gasteiger partial charge is 0.274 e. The van der Waals surface area contributed by atoms with Crippen LogP contribution in [0.5, 0.6) is 0 Å². The molecule has 0 aromatic carbocycles. The molecular weight excluding hydrogens is 304 g/mol. The van der Waals surface area contributed by atoms with Gasteiger partial charge < -0.3 is 14.4 Å². The predicted octanol–water partition coefficient (Wildman–Crippen LogP) is 1.25. The Hall–Kier alpha value is -2.28. The molecule has 7 nitrogen and oxygen atoms in total. The van der Waals surface area contributed by atoms with E-state index in [1.165, 1.54) is 6.20 Å². The normalized spacial score (nSPS) is 18.1. The Morgan fingerprint density at radius 3 is 2.92 bits per heavy atom. The predicted molar refractivity (Wildman–Crippen MR) is 90.7 cm³/mol. The Labute approximate surface area is 142 Å². The number of hydrogen-bond acceptors (Lipinski definition) is 5. The van der Waals surface area contributed by atoms with Crippen molar-refractivity contribution in [1.29, 1.82) is 0 Å². The molecule has 1 fully saturated rings. The van der Waals surface area contributed by atoms with Crippen LogP contribution in [0.2, 0.25) is 0 Å². The number of likely N-dealkylation sites (tertiary alicyclic amines) is 1. The Balaban J connectivity index is 1.70. The Morgan fingerprint density at radius 2 is 2.17 bits per heavy atom. The van der Waals surface area contributed by atoms with Crippen LogP contribution in [0.25, 0.3) is 0 Å². The highest BCUT2D eigenvalue weighted by molar-refractivity contribution is 5.92. The second-order valence-corrected chi connectivity index (χ2v) is 6.46. The van der Waals surface area contributed by atoms with E-state index in [-0.39, 0.29) is 11.8 Å². The molecule has 1 atom stereocenters. The fourth-order valence-electron chi connectivity index (χ4n) is 3.12. The summed E-state index contributed by atoms with van der Waals surface area (Å²) in [5.41, 5.74) is 0.411. The van der Waals surface area contributed by atoms with Gasteiger partial charge in [-0.05, 0) is 26.9 Å². The molecule has 2 aromatic rings. The second-order valence-electron chi connectivity index (χ2n) is 6.46. The summed E-state index contributed by atoms with van der Waals surface area (Å²) >= 11 is 0. The van der Waals surface area contributed by atoms with Crippen molar-refractivity contribution in [3.63, 3.8) is 0 Å². The molecule has 0 spiro atoms. The van der Waals surface area contributed by atoms with Gasteiger partial charge in [0.2, 0.25) is 0 Å². The van der Waals surface area contributed by atoms with E-state index in [4.69, 9.17) is 0 Å². The molecule has 0 radical (unpaired) electrons. The van der Waals surface area contributed by atoms with E-state index in [1.807, 2.05) is 17.3 Å². The van der Waals surface area contributed by atoms with Crippen LogP contribution in [-0.4, -0.2) is 69.0 Å². The number of carbonyl (C=O) groups is 1. The number of aromatic nitrogens is 4. The first kappa shape index (κ1) is 16.6. The van der Waals surface area contributed by atoms with Crippen LogP contribution in [-0.2, 0) is 6.54 Å². The van der Waals surface area contributed by atoms with E-state index < -0.39 is 0 Å². The standard InChI is InChI=1S/C17H24N6O/c1-21(2)10-11-22-9-7-20-16(22)14-4-3-8-23(13-14)17(24)15-12-18-5-6-19-15/h5-7,9,12,14H,3-4,8,10-11,13H2,1-2H3. The van der Waals surface area contributed by atoms with Crippen molar-refractivity contribution >= 4 is 5.91 Å². The number of carbonyl (C=O) groups excluding carboxylic acids is 1.